The van der Waals surface area contributed by atoms with Crippen LogP contribution in [0.25, 0.3) is 22.3 Å². The van der Waals surface area contributed by atoms with Crippen molar-refractivity contribution >= 4 is 39.9 Å². The van der Waals surface area contributed by atoms with E-state index in [1.807, 2.05) is 23.0 Å². The second kappa shape index (κ2) is 14.0. The Balaban J connectivity index is 0.000000157. The van der Waals surface area contributed by atoms with Crippen LogP contribution in [-0.2, 0) is 13.1 Å². The lowest BCUT2D eigenvalue weighted by atomic mass is 10.2. The number of hydrogen-bond donors (Lipinski definition) is 3. The fourth-order valence-electron chi connectivity index (χ4n) is 5.80. The molecule has 260 valence electrons. The van der Waals surface area contributed by atoms with E-state index in [2.05, 4.69) is 35.2 Å². The van der Waals surface area contributed by atoms with Gasteiger partial charge in [-0.15, -0.1) is 0 Å². The zero-order valence-corrected chi connectivity index (χ0v) is 27.7. The van der Waals surface area contributed by atoms with Crippen LogP contribution in [0.2, 0.25) is 0 Å². The number of ether oxygens (including phenoxy) is 3. The molecule has 16 heteroatoms. The average molecular weight is 686 g/mol. The number of nitrogens with one attached hydrogen (secondary N) is 1. The molecule has 0 saturated carbocycles. The number of imidazole rings is 2. The number of fused-ring (bicyclic) bond motifs is 6. The van der Waals surface area contributed by atoms with Gasteiger partial charge in [-0.3, -0.25) is 0 Å². The fraction of sp³-hybridized carbons (Fsp3) is 0.353. The van der Waals surface area contributed by atoms with E-state index < -0.39 is 0 Å². The Morgan fingerprint density at radius 1 is 0.640 bits per heavy atom. The third-order valence-corrected chi connectivity index (χ3v) is 8.42. The van der Waals surface area contributed by atoms with Crippen molar-refractivity contribution in [2.75, 3.05) is 43.1 Å². The Kier molecular flexibility index (Phi) is 9.15. The van der Waals surface area contributed by atoms with E-state index in [9.17, 15) is 8.78 Å². The molecule has 0 amide bonds. The van der Waals surface area contributed by atoms with Gasteiger partial charge in [0.2, 0.25) is 5.95 Å². The summed E-state index contributed by atoms with van der Waals surface area (Å²) in [4.78, 5) is 26.4. The first kappa shape index (κ1) is 32.7. The monoisotopic (exact) mass is 685 g/mol. The fourth-order valence-corrected chi connectivity index (χ4v) is 5.80. The summed E-state index contributed by atoms with van der Waals surface area (Å²) in [6, 6.07) is 10.0. The summed E-state index contributed by atoms with van der Waals surface area (Å²) >= 11 is 0. The van der Waals surface area contributed by atoms with Crippen molar-refractivity contribution < 1.29 is 23.0 Å². The van der Waals surface area contributed by atoms with Gasteiger partial charge in [0.05, 0.1) is 32.9 Å². The molecule has 0 aliphatic carbocycles. The molecule has 14 nitrogen and oxygen atoms in total. The SMILES string of the molecule is Cc1nc2c(N)nc3nc2n1Cc1ccc(F)c(c1)OCCCCN3.Cc1nc2c(N)nc3nc2n1Cc1ccc(F)c(c1)OCCCCO3. The first-order valence-corrected chi connectivity index (χ1v) is 16.4. The van der Waals surface area contributed by atoms with Crippen molar-refractivity contribution in [1.82, 2.24) is 39.0 Å². The third kappa shape index (κ3) is 6.86. The van der Waals surface area contributed by atoms with E-state index in [0.717, 1.165) is 48.5 Å². The molecule has 0 spiro atoms. The summed E-state index contributed by atoms with van der Waals surface area (Å²) in [6.45, 7) is 6.71. The molecule has 5 N–H and O–H groups in total. The summed E-state index contributed by atoms with van der Waals surface area (Å²) in [5, 5.41) is 3.18. The Bertz CT molecular complexity index is 2030. The second-order valence-electron chi connectivity index (χ2n) is 12.1. The summed E-state index contributed by atoms with van der Waals surface area (Å²) < 4.78 is 48.5. The normalized spacial score (nSPS) is 14.8. The van der Waals surface area contributed by atoms with Gasteiger partial charge in [-0.2, -0.15) is 19.9 Å². The van der Waals surface area contributed by atoms with Crippen LogP contribution in [0.3, 0.4) is 0 Å². The number of hydrogen-bond acceptors (Lipinski definition) is 12. The second-order valence-corrected chi connectivity index (χ2v) is 12.1. The van der Waals surface area contributed by atoms with Crippen LogP contribution < -0.4 is 31.0 Å². The van der Waals surface area contributed by atoms with Gasteiger partial charge in [0, 0.05) is 6.54 Å². The van der Waals surface area contributed by atoms with Crippen LogP contribution >= 0.6 is 0 Å². The van der Waals surface area contributed by atoms with Crippen molar-refractivity contribution in [2.24, 2.45) is 0 Å². The van der Waals surface area contributed by atoms with Crippen molar-refractivity contribution in [3.05, 3.63) is 70.8 Å². The number of nitrogens with zero attached hydrogens (tertiary/aromatic N) is 8. The van der Waals surface area contributed by atoms with Crippen molar-refractivity contribution in [2.45, 2.75) is 52.6 Å². The van der Waals surface area contributed by atoms with Crippen molar-refractivity contribution in [3.8, 4) is 17.5 Å². The maximum absolute atomic E-state index is 14.0. The van der Waals surface area contributed by atoms with Crippen LogP contribution in [0.1, 0.15) is 48.5 Å². The number of aryl methyl sites for hydroxylation is 2. The Labute approximate surface area is 285 Å². The quantitative estimate of drug-likeness (QED) is 0.196. The average Bonchev–Trinajstić information content (AvgIpc) is 3.58. The minimum atomic E-state index is -0.367. The van der Waals surface area contributed by atoms with E-state index in [4.69, 9.17) is 25.7 Å². The van der Waals surface area contributed by atoms with Crippen LogP contribution in [0.4, 0.5) is 26.4 Å². The maximum atomic E-state index is 14.0. The van der Waals surface area contributed by atoms with E-state index in [1.165, 1.54) is 12.1 Å². The Hall–Kier alpha value is -5.80. The number of rotatable bonds is 0. The minimum Gasteiger partial charge on any atom is -0.491 e. The highest BCUT2D eigenvalue weighted by molar-refractivity contribution is 5.84. The van der Waals surface area contributed by atoms with Crippen LogP contribution in [0.5, 0.6) is 17.5 Å². The molecular formula is C34H37F2N11O3. The molecule has 0 radical (unpaired) electrons. The largest absolute Gasteiger partial charge is 0.491 e. The predicted octanol–water partition coefficient (Wildman–Crippen LogP) is 4.94. The van der Waals surface area contributed by atoms with Gasteiger partial charge >= 0.3 is 6.01 Å². The van der Waals surface area contributed by atoms with Crippen molar-refractivity contribution in [1.29, 1.82) is 0 Å². The molecule has 4 aromatic heterocycles. The van der Waals surface area contributed by atoms with Crippen molar-refractivity contribution in [3.63, 3.8) is 0 Å². The molecule has 2 aliphatic rings. The molecule has 8 bridgehead atoms. The number of nitrogen functional groups attached to an aromatic ring is 2. The van der Waals surface area contributed by atoms with Gasteiger partial charge in [0.15, 0.2) is 57.1 Å². The Morgan fingerprint density at radius 2 is 1.16 bits per heavy atom. The van der Waals surface area contributed by atoms with Gasteiger partial charge in [-0.25, -0.2) is 18.7 Å². The number of anilines is 3. The van der Waals surface area contributed by atoms with Crippen LogP contribution in [-0.4, -0.2) is 65.4 Å². The highest BCUT2D eigenvalue weighted by atomic mass is 19.1. The minimum absolute atomic E-state index is 0.240. The lowest BCUT2D eigenvalue weighted by molar-refractivity contribution is 0.250. The first-order chi connectivity index (χ1) is 24.2. The number of nitrogens with two attached hydrogens (primary N) is 2. The lowest BCUT2D eigenvalue weighted by Gasteiger charge is -2.13. The molecule has 0 fully saturated rings. The molecule has 2 aromatic carbocycles. The van der Waals surface area contributed by atoms with Crippen LogP contribution in [0.15, 0.2) is 36.4 Å². The predicted molar refractivity (Wildman–Crippen MR) is 183 cm³/mol. The topological polar surface area (TPSA) is 179 Å². The molecule has 6 heterocycles. The number of benzene rings is 2. The zero-order chi connectivity index (χ0) is 34.8. The highest BCUT2D eigenvalue weighted by Crippen LogP contribution is 2.27. The van der Waals surface area contributed by atoms with E-state index in [-0.39, 0.29) is 35.0 Å². The molecule has 6 aromatic rings. The number of halogens is 2. The summed E-state index contributed by atoms with van der Waals surface area (Å²) in [5.74, 6) is 2.46. The van der Waals surface area contributed by atoms with Gasteiger partial charge in [-0.05, 0) is 74.9 Å². The van der Waals surface area contributed by atoms with E-state index in [0.29, 0.717) is 73.5 Å². The Morgan fingerprint density at radius 3 is 1.76 bits per heavy atom. The highest BCUT2D eigenvalue weighted by Gasteiger charge is 2.18. The summed E-state index contributed by atoms with van der Waals surface area (Å²) in [6.07, 6.45) is 3.12. The van der Waals surface area contributed by atoms with Gasteiger partial charge < -0.3 is 40.1 Å². The molecular weight excluding hydrogens is 648 g/mol. The van der Waals surface area contributed by atoms with E-state index >= 15 is 0 Å². The van der Waals surface area contributed by atoms with E-state index in [1.54, 1.807) is 24.3 Å². The molecule has 50 heavy (non-hydrogen) atoms. The van der Waals surface area contributed by atoms with Gasteiger partial charge in [0.1, 0.15) is 11.6 Å². The third-order valence-electron chi connectivity index (χ3n) is 8.42. The van der Waals surface area contributed by atoms with Gasteiger partial charge in [0.25, 0.3) is 0 Å². The van der Waals surface area contributed by atoms with Gasteiger partial charge in [-0.1, -0.05) is 12.1 Å². The molecule has 0 atom stereocenters. The lowest BCUT2D eigenvalue weighted by Crippen LogP contribution is -2.11. The molecule has 0 saturated heterocycles. The zero-order valence-electron chi connectivity index (χ0n) is 27.7. The standard InChI is InChI=1S/C17H19FN6O.C17H18FN5O2/c1-10-21-14-15(19)22-17-20-6-2-3-7-25-13-8-11(4-5-12(13)18)9-24(10)16(14)23-17;1-10-20-14-15(19)21-17-22-16(14)23(10)9-11-4-5-12(18)13(8-11)24-6-2-3-7-25-17/h4-5,8H,2-3,6-7,9H2,1H3,(H3,19,20,22,23);4-5,8H,2-3,6-7,9H2,1H3,(H2,19,21,22). The molecule has 0 unspecified atom stereocenters. The summed E-state index contributed by atoms with van der Waals surface area (Å²) in [7, 11) is 0. The first-order valence-electron chi connectivity index (χ1n) is 16.4. The number of aromatic nitrogens is 8. The van der Waals surface area contributed by atoms with Crippen LogP contribution in [0, 0.1) is 25.5 Å². The molecule has 8 rings (SSSR count). The smallest absolute Gasteiger partial charge is 0.320 e. The maximum Gasteiger partial charge on any atom is 0.320 e. The summed E-state index contributed by atoms with van der Waals surface area (Å²) in [5.41, 5.74) is 16.2. The molecule has 2 aliphatic heterocycles.